The summed E-state index contributed by atoms with van der Waals surface area (Å²) in [6.45, 7) is -0.124. The van der Waals surface area contributed by atoms with Gasteiger partial charge in [0, 0.05) is 5.56 Å². The Kier molecular flexibility index (Phi) is 1.79. The van der Waals surface area contributed by atoms with E-state index in [9.17, 15) is 0 Å². The average Bonchev–Trinajstić information content (AvgIpc) is 2.52. The molecule has 0 unspecified atom stereocenters. The molecule has 1 N–H and O–H groups in total. The normalized spacial score (nSPS) is 10.8. The van der Waals surface area contributed by atoms with Crippen molar-refractivity contribution < 1.29 is 9.52 Å². The van der Waals surface area contributed by atoms with Gasteiger partial charge in [0.05, 0.1) is 5.02 Å². The monoisotopic (exact) mass is 182 g/mol. The minimum atomic E-state index is -0.124. The molecule has 0 saturated heterocycles. The third-order valence-electron chi connectivity index (χ3n) is 1.72. The second kappa shape index (κ2) is 2.81. The van der Waals surface area contributed by atoms with E-state index in [1.807, 2.05) is 18.2 Å². The van der Waals surface area contributed by atoms with Gasteiger partial charge >= 0.3 is 0 Å². The highest BCUT2D eigenvalue weighted by atomic mass is 35.5. The van der Waals surface area contributed by atoms with Crippen molar-refractivity contribution in [3.8, 4) is 11.3 Å². The van der Waals surface area contributed by atoms with E-state index in [-0.39, 0.29) is 6.61 Å². The molecule has 2 rings (SSSR count). The molecule has 0 saturated carbocycles. The Bertz CT molecular complexity index is 367. The Hall–Kier alpha value is -0.990. The van der Waals surface area contributed by atoms with Crippen molar-refractivity contribution in [2.75, 3.05) is 0 Å². The van der Waals surface area contributed by atoms with Crippen LogP contribution in [0, 0.1) is 0 Å². The fourth-order valence-corrected chi connectivity index (χ4v) is 1.44. The average molecular weight is 183 g/mol. The van der Waals surface area contributed by atoms with Crippen molar-refractivity contribution in [2.45, 2.75) is 6.61 Å². The van der Waals surface area contributed by atoms with Gasteiger partial charge in [0.15, 0.2) is 0 Å². The summed E-state index contributed by atoms with van der Waals surface area (Å²) in [6.07, 6.45) is 0. The molecule has 0 aromatic heterocycles. The van der Waals surface area contributed by atoms with Crippen molar-refractivity contribution in [3.05, 3.63) is 35.0 Å². The van der Waals surface area contributed by atoms with E-state index < -0.39 is 0 Å². The van der Waals surface area contributed by atoms with Gasteiger partial charge in [-0.25, -0.2) is 0 Å². The highest BCUT2D eigenvalue weighted by Gasteiger charge is 2.10. The van der Waals surface area contributed by atoms with Crippen molar-refractivity contribution in [2.24, 2.45) is 0 Å². The quantitative estimate of drug-likeness (QED) is 0.735. The fraction of sp³-hybridized carbons (Fsp3) is 0.111. The SMILES string of the molecule is OCc1cc(Cl)c2cccc-2o1. The Morgan fingerprint density at radius 2 is 2.25 bits per heavy atom. The lowest BCUT2D eigenvalue weighted by Gasteiger charge is -2.03. The largest absolute Gasteiger partial charge is 0.459 e. The van der Waals surface area contributed by atoms with Crippen molar-refractivity contribution in [1.82, 2.24) is 0 Å². The van der Waals surface area contributed by atoms with Gasteiger partial charge in [-0.15, -0.1) is 0 Å². The first-order valence-electron chi connectivity index (χ1n) is 3.59. The lowest BCUT2D eigenvalue weighted by molar-refractivity contribution is 0.246. The van der Waals surface area contributed by atoms with Crippen LogP contribution in [0.4, 0.5) is 0 Å². The molecule has 0 aromatic carbocycles. The Labute approximate surface area is 74.7 Å². The van der Waals surface area contributed by atoms with Crippen LogP contribution in [-0.2, 0) is 6.61 Å². The number of hydrogen-bond donors (Lipinski definition) is 1. The number of fused-ring (bicyclic) bond motifs is 1. The maximum absolute atomic E-state index is 8.81. The van der Waals surface area contributed by atoms with Gasteiger partial charge in [0.25, 0.3) is 0 Å². The molecular formula is C9H7ClO2. The summed E-state index contributed by atoms with van der Waals surface area (Å²) >= 11 is 5.91. The van der Waals surface area contributed by atoms with E-state index >= 15 is 0 Å². The smallest absolute Gasteiger partial charge is 0.135 e. The summed E-state index contributed by atoms with van der Waals surface area (Å²) in [4.78, 5) is 0. The van der Waals surface area contributed by atoms with Crippen LogP contribution in [0.25, 0.3) is 11.3 Å². The Balaban J connectivity index is 2.67. The third kappa shape index (κ3) is 1.09. The van der Waals surface area contributed by atoms with Crippen LogP contribution < -0.4 is 0 Å². The number of rotatable bonds is 1. The molecule has 0 radical (unpaired) electrons. The topological polar surface area (TPSA) is 33.4 Å². The van der Waals surface area contributed by atoms with Crippen molar-refractivity contribution >= 4 is 11.6 Å². The molecule has 12 heavy (non-hydrogen) atoms. The first-order chi connectivity index (χ1) is 5.81. The van der Waals surface area contributed by atoms with Crippen LogP contribution in [0.15, 0.2) is 28.7 Å². The fourth-order valence-electron chi connectivity index (χ4n) is 1.16. The number of aliphatic hydroxyl groups excluding tert-OH is 1. The second-order valence-corrected chi connectivity index (χ2v) is 2.93. The van der Waals surface area contributed by atoms with Crippen molar-refractivity contribution in [3.63, 3.8) is 0 Å². The summed E-state index contributed by atoms with van der Waals surface area (Å²) in [5.41, 5.74) is 0.883. The standard InChI is InChI=1S/C9H7ClO2/c10-8-4-6(5-11)12-9-3-1-2-7(8)9/h1-4,11H,5H2. The zero-order valence-corrected chi connectivity index (χ0v) is 7.01. The highest BCUT2D eigenvalue weighted by molar-refractivity contribution is 6.33. The summed E-state index contributed by atoms with van der Waals surface area (Å²) in [5.74, 6) is 1.20. The first-order valence-corrected chi connectivity index (χ1v) is 3.97. The number of aliphatic hydroxyl groups is 1. The van der Waals surface area contributed by atoms with Gasteiger partial charge in [-0.3, -0.25) is 0 Å². The van der Waals surface area contributed by atoms with Crippen LogP contribution in [0.1, 0.15) is 5.76 Å². The van der Waals surface area contributed by atoms with E-state index in [0.717, 1.165) is 5.56 Å². The van der Waals surface area contributed by atoms with E-state index in [4.69, 9.17) is 21.1 Å². The molecule has 0 atom stereocenters. The minimum Gasteiger partial charge on any atom is -0.459 e. The van der Waals surface area contributed by atoms with Crippen LogP contribution in [0.2, 0.25) is 5.02 Å². The van der Waals surface area contributed by atoms with Crippen LogP contribution in [-0.4, -0.2) is 5.11 Å². The van der Waals surface area contributed by atoms with Gasteiger partial charge < -0.3 is 9.52 Å². The number of hydrogen-bond acceptors (Lipinski definition) is 2. The molecule has 0 aromatic rings. The Morgan fingerprint density at radius 1 is 1.42 bits per heavy atom. The zero-order valence-electron chi connectivity index (χ0n) is 6.25. The van der Waals surface area contributed by atoms with E-state index in [1.165, 1.54) is 0 Å². The van der Waals surface area contributed by atoms with Gasteiger partial charge in [-0.1, -0.05) is 17.7 Å². The molecule has 0 bridgehead atoms. The summed E-state index contributed by atoms with van der Waals surface area (Å²) < 4.78 is 5.30. The third-order valence-corrected chi connectivity index (χ3v) is 2.03. The molecule has 0 fully saturated rings. The first kappa shape index (κ1) is 7.65. The summed E-state index contributed by atoms with van der Waals surface area (Å²) in [6, 6.07) is 7.19. The molecule has 1 heterocycles. The van der Waals surface area contributed by atoms with E-state index in [1.54, 1.807) is 6.07 Å². The molecule has 3 heteroatoms. The van der Waals surface area contributed by atoms with E-state index in [2.05, 4.69) is 0 Å². The molecule has 0 spiro atoms. The lowest BCUT2D eigenvalue weighted by atomic mass is 10.2. The van der Waals surface area contributed by atoms with Gasteiger partial charge in [-0.2, -0.15) is 0 Å². The molecule has 2 nitrogen and oxygen atoms in total. The van der Waals surface area contributed by atoms with Gasteiger partial charge in [0.1, 0.15) is 18.1 Å². The van der Waals surface area contributed by atoms with Gasteiger partial charge in [-0.05, 0) is 18.2 Å². The molecule has 62 valence electrons. The molecule has 2 aliphatic rings. The van der Waals surface area contributed by atoms with Crippen LogP contribution >= 0.6 is 11.6 Å². The van der Waals surface area contributed by atoms with Crippen LogP contribution in [0.5, 0.6) is 0 Å². The zero-order chi connectivity index (χ0) is 8.55. The predicted octanol–water partition coefficient (Wildman–Crippen LogP) is 2.53. The van der Waals surface area contributed by atoms with E-state index in [0.29, 0.717) is 16.5 Å². The minimum absolute atomic E-state index is 0.124. The van der Waals surface area contributed by atoms with Gasteiger partial charge in [0.2, 0.25) is 0 Å². The molecule has 1 aliphatic carbocycles. The maximum atomic E-state index is 8.81. The second-order valence-electron chi connectivity index (χ2n) is 2.52. The van der Waals surface area contributed by atoms with Crippen molar-refractivity contribution in [1.29, 1.82) is 0 Å². The maximum Gasteiger partial charge on any atom is 0.135 e. The van der Waals surface area contributed by atoms with Crippen LogP contribution in [0.3, 0.4) is 0 Å². The summed E-state index contributed by atoms with van der Waals surface area (Å²) in [7, 11) is 0. The Morgan fingerprint density at radius 3 is 3.00 bits per heavy atom. The molecule has 1 aliphatic heterocycles. The predicted molar refractivity (Wildman–Crippen MR) is 46.3 cm³/mol. The lowest BCUT2D eigenvalue weighted by Crippen LogP contribution is -1.85. The molecule has 0 amide bonds. The molecular weight excluding hydrogens is 176 g/mol. The number of halogens is 1. The highest BCUT2D eigenvalue weighted by Crippen LogP contribution is 2.32. The summed E-state index contributed by atoms with van der Waals surface area (Å²) in [5, 5.41) is 9.42.